The summed E-state index contributed by atoms with van der Waals surface area (Å²) in [6.07, 6.45) is -4.52. The Labute approximate surface area is 142 Å². The number of carbonyl (C=O) groups excluding carboxylic acids is 1. The fourth-order valence-corrected chi connectivity index (χ4v) is 3.30. The van der Waals surface area contributed by atoms with Gasteiger partial charge in [-0.2, -0.15) is 13.2 Å². The average Bonchev–Trinajstić information content (AvgIpc) is 2.89. The summed E-state index contributed by atoms with van der Waals surface area (Å²) < 4.78 is 67.4. The summed E-state index contributed by atoms with van der Waals surface area (Å²) in [6, 6.07) is -0.944. The van der Waals surface area contributed by atoms with Gasteiger partial charge in [-0.05, 0) is 6.92 Å². The Bertz CT molecular complexity index is 726. The molecule has 1 unspecified atom stereocenters. The quantitative estimate of drug-likeness (QED) is 0.647. The van der Waals surface area contributed by atoms with Gasteiger partial charge in [0.15, 0.2) is 5.76 Å². The number of alkyl halides is 3. The Morgan fingerprint density at radius 1 is 1.44 bits per heavy atom. The maximum atomic E-state index is 13.2. The second kappa shape index (κ2) is 7.32. The number of nitrogens with two attached hydrogens (primary N) is 1. The minimum atomic E-state index is -4.52. The second-order valence-corrected chi connectivity index (χ2v) is 7.16. The summed E-state index contributed by atoms with van der Waals surface area (Å²) in [7, 11) is -4.09. The van der Waals surface area contributed by atoms with Gasteiger partial charge < -0.3 is 15.1 Å². The fraction of sp³-hybridized carbons (Fsp3) is 0.615. The van der Waals surface area contributed by atoms with Crippen LogP contribution in [0.4, 0.5) is 13.2 Å². The number of aryl methyl sites for hydroxylation is 1. The lowest BCUT2D eigenvalue weighted by Crippen LogP contribution is -2.57. The van der Waals surface area contributed by atoms with Gasteiger partial charge in [0.2, 0.25) is 10.0 Å². The van der Waals surface area contributed by atoms with Gasteiger partial charge in [0.25, 0.3) is 5.91 Å². The third-order valence-electron chi connectivity index (χ3n) is 3.83. The molecule has 1 aromatic heterocycles. The lowest BCUT2D eigenvalue weighted by Gasteiger charge is -2.35. The van der Waals surface area contributed by atoms with Crippen molar-refractivity contribution in [2.75, 3.05) is 32.7 Å². The van der Waals surface area contributed by atoms with Gasteiger partial charge in [-0.15, -0.1) is 0 Å². The van der Waals surface area contributed by atoms with Gasteiger partial charge in [0.05, 0.1) is 0 Å². The highest BCUT2D eigenvalue weighted by Crippen LogP contribution is 2.25. The van der Waals surface area contributed by atoms with Gasteiger partial charge in [-0.3, -0.25) is 9.69 Å². The molecule has 142 valence electrons. The number of amides is 1. The molecule has 1 fully saturated rings. The van der Waals surface area contributed by atoms with Crippen LogP contribution in [0.1, 0.15) is 16.3 Å². The van der Waals surface area contributed by atoms with Crippen molar-refractivity contribution >= 4 is 15.9 Å². The third kappa shape index (κ3) is 4.93. The van der Waals surface area contributed by atoms with Gasteiger partial charge in [0.1, 0.15) is 16.7 Å². The van der Waals surface area contributed by atoms with Crippen LogP contribution in [0, 0.1) is 6.92 Å². The van der Waals surface area contributed by atoms with Crippen molar-refractivity contribution in [3.8, 4) is 0 Å². The topological polar surface area (TPSA) is 118 Å². The van der Waals surface area contributed by atoms with E-state index in [1.165, 1.54) is 11.8 Å². The number of piperazine rings is 1. The van der Waals surface area contributed by atoms with Crippen molar-refractivity contribution in [3.63, 3.8) is 0 Å². The molecule has 4 N–H and O–H groups in total. The van der Waals surface area contributed by atoms with E-state index in [0.29, 0.717) is 13.1 Å². The number of nitrogens with zero attached hydrogens (tertiary/aromatic N) is 1. The van der Waals surface area contributed by atoms with E-state index < -0.39 is 40.5 Å². The second-order valence-electron chi connectivity index (χ2n) is 5.63. The molecule has 1 amide bonds. The summed E-state index contributed by atoms with van der Waals surface area (Å²) in [6.45, 7) is 1.87. The molecule has 1 saturated heterocycles. The van der Waals surface area contributed by atoms with Crippen molar-refractivity contribution in [2.45, 2.75) is 24.0 Å². The van der Waals surface area contributed by atoms with Crippen molar-refractivity contribution in [3.05, 3.63) is 17.6 Å². The predicted octanol–water partition coefficient (Wildman–Crippen LogP) is -0.199. The van der Waals surface area contributed by atoms with Gasteiger partial charge in [0, 0.05) is 38.8 Å². The molecule has 25 heavy (non-hydrogen) atoms. The Morgan fingerprint density at radius 3 is 2.52 bits per heavy atom. The fourth-order valence-electron chi connectivity index (χ4n) is 2.58. The SMILES string of the molecule is Cc1oc(C(=O)NCC(N2CCNCC2)C(F)(F)F)cc1S(N)(=O)=O. The number of nitrogens with one attached hydrogen (secondary N) is 2. The molecule has 0 spiro atoms. The zero-order valence-electron chi connectivity index (χ0n) is 13.4. The van der Waals surface area contributed by atoms with E-state index in [2.05, 4.69) is 10.6 Å². The van der Waals surface area contributed by atoms with Crippen LogP contribution in [-0.4, -0.2) is 64.2 Å². The predicted molar refractivity (Wildman–Crippen MR) is 81.4 cm³/mol. The van der Waals surface area contributed by atoms with Crippen molar-refractivity contribution < 1.29 is 30.8 Å². The van der Waals surface area contributed by atoms with Crippen molar-refractivity contribution in [1.82, 2.24) is 15.5 Å². The van der Waals surface area contributed by atoms with Crippen LogP contribution in [0.2, 0.25) is 0 Å². The molecule has 8 nitrogen and oxygen atoms in total. The zero-order valence-corrected chi connectivity index (χ0v) is 14.2. The van der Waals surface area contributed by atoms with E-state index in [1.807, 2.05) is 0 Å². The highest BCUT2D eigenvalue weighted by atomic mass is 32.2. The number of primary sulfonamides is 1. The normalized spacial score (nSPS) is 18.1. The van der Waals surface area contributed by atoms with E-state index in [4.69, 9.17) is 9.56 Å². The summed E-state index contributed by atoms with van der Waals surface area (Å²) in [5.74, 6) is -1.47. The third-order valence-corrected chi connectivity index (χ3v) is 4.85. The minimum Gasteiger partial charge on any atom is -0.455 e. The Morgan fingerprint density at radius 2 is 2.04 bits per heavy atom. The molecule has 2 rings (SSSR count). The smallest absolute Gasteiger partial charge is 0.405 e. The highest BCUT2D eigenvalue weighted by molar-refractivity contribution is 7.89. The standard InChI is InChI=1S/C13H19F3N4O4S/c1-8-10(25(17,22)23)6-9(24-8)12(21)19-7-11(13(14,15)16)20-4-2-18-3-5-20/h6,11,18H,2-5,7H2,1H3,(H,19,21)(H2,17,22,23). The van der Waals surface area contributed by atoms with Crippen LogP contribution in [0.3, 0.4) is 0 Å². The van der Waals surface area contributed by atoms with Crippen molar-refractivity contribution in [2.24, 2.45) is 5.14 Å². The number of carbonyl (C=O) groups is 1. The number of rotatable bonds is 5. The number of sulfonamides is 1. The van der Waals surface area contributed by atoms with Gasteiger partial charge in [-0.1, -0.05) is 0 Å². The summed E-state index contributed by atoms with van der Waals surface area (Å²) >= 11 is 0. The molecule has 2 heterocycles. The van der Waals surface area contributed by atoms with Crippen LogP contribution >= 0.6 is 0 Å². The molecule has 0 aromatic carbocycles. The van der Waals surface area contributed by atoms with Crippen LogP contribution < -0.4 is 15.8 Å². The Balaban J connectivity index is 2.08. The molecule has 0 bridgehead atoms. The summed E-state index contributed by atoms with van der Waals surface area (Å²) in [4.78, 5) is 12.9. The molecule has 0 saturated carbocycles. The minimum absolute atomic E-state index is 0.109. The number of hydrogen-bond acceptors (Lipinski definition) is 6. The van der Waals surface area contributed by atoms with Gasteiger partial charge >= 0.3 is 6.18 Å². The molecule has 1 aliphatic rings. The molecule has 1 aliphatic heterocycles. The lowest BCUT2D eigenvalue weighted by molar-refractivity contribution is -0.183. The highest BCUT2D eigenvalue weighted by Gasteiger charge is 2.44. The molecular weight excluding hydrogens is 365 g/mol. The number of hydrogen-bond donors (Lipinski definition) is 3. The largest absolute Gasteiger partial charge is 0.455 e. The average molecular weight is 384 g/mol. The zero-order chi connectivity index (χ0) is 18.8. The molecule has 0 radical (unpaired) electrons. The first-order valence-electron chi connectivity index (χ1n) is 7.43. The Kier molecular flexibility index (Phi) is 5.76. The Hall–Kier alpha value is -1.63. The van der Waals surface area contributed by atoms with Crippen LogP contribution in [-0.2, 0) is 10.0 Å². The molecule has 1 atom stereocenters. The van der Waals surface area contributed by atoms with Crippen molar-refractivity contribution in [1.29, 1.82) is 0 Å². The van der Waals surface area contributed by atoms with E-state index in [1.54, 1.807) is 0 Å². The van der Waals surface area contributed by atoms with E-state index in [9.17, 15) is 26.4 Å². The van der Waals surface area contributed by atoms with Gasteiger partial charge in [-0.25, -0.2) is 13.6 Å². The first-order valence-corrected chi connectivity index (χ1v) is 8.97. The first-order chi connectivity index (χ1) is 11.5. The number of halogens is 3. The summed E-state index contributed by atoms with van der Waals surface area (Å²) in [5, 5.41) is 10.1. The number of furan rings is 1. The van der Waals surface area contributed by atoms with Crippen LogP contribution in [0.5, 0.6) is 0 Å². The van der Waals surface area contributed by atoms with E-state index >= 15 is 0 Å². The van der Waals surface area contributed by atoms with E-state index in [-0.39, 0.29) is 23.7 Å². The molecular formula is C13H19F3N4O4S. The molecule has 0 aliphatic carbocycles. The van der Waals surface area contributed by atoms with E-state index in [0.717, 1.165) is 6.07 Å². The monoisotopic (exact) mass is 384 g/mol. The lowest BCUT2D eigenvalue weighted by atomic mass is 10.2. The molecule has 1 aromatic rings. The molecule has 12 heteroatoms. The maximum Gasteiger partial charge on any atom is 0.405 e. The van der Waals surface area contributed by atoms with Crippen LogP contribution in [0.15, 0.2) is 15.4 Å². The first kappa shape index (κ1) is 19.7. The summed E-state index contributed by atoms with van der Waals surface area (Å²) in [5.41, 5.74) is 0. The maximum absolute atomic E-state index is 13.2. The van der Waals surface area contributed by atoms with Crippen LogP contribution in [0.25, 0.3) is 0 Å².